The van der Waals surface area contributed by atoms with Crippen molar-refractivity contribution in [3.05, 3.63) is 47.5 Å². The van der Waals surface area contributed by atoms with Crippen LogP contribution in [0.3, 0.4) is 0 Å². The summed E-state index contributed by atoms with van der Waals surface area (Å²) in [6.45, 7) is 1.75. The topological polar surface area (TPSA) is 104 Å². The van der Waals surface area contributed by atoms with Crippen LogP contribution in [0.4, 0.5) is 5.69 Å². The molecule has 3 N–H and O–H groups in total. The Morgan fingerprint density at radius 2 is 1.90 bits per heavy atom. The Morgan fingerprint density at radius 1 is 1.17 bits per heavy atom. The second-order valence-corrected chi connectivity index (χ2v) is 7.69. The van der Waals surface area contributed by atoms with E-state index in [-0.39, 0.29) is 5.91 Å². The van der Waals surface area contributed by atoms with Gasteiger partial charge in [-0.1, -0.05) is 35.5 Å². The van der Waals surface area contributed by atoms with Gasteiger partial charge in [0.15, 0.2) is 5.82 Å². The number of hydrogen-bond donors (Lipinski definition) is 2. The summed E-state index contributed by atoms with van der Waals surface area (Å²) < 4.78 is 11.8. The van der Waals surface area contributed by atoms with Crippen LogP contribution in [-0.2, 0) is 4.79 Å². The highest BCUT2D eigenvalue weighted by molar-refractivity contribution is 8.00. The monoisotopic (exact) mass is 433 g/mol. The van der Waals surface area contributed by atoms with E-state index in [2.05, 4.69) is 15.5 Å². The van der Waals surface area contributed by atoms with Gasteiger partial charge in [-0.3, -0.25) is 4.79 Å². The minimum absolute atomic E-state index is 0.224. The van der Waals surface area contributed by atoms with Gasteiger partial charge >= 0.3 is 0 Å². The molecule has 0 saturated heterocycles. The van der Waals surface area contributed by atoms with E-state index in [0.717, 1.165) is 0 Å². The zero-order chi connectivity index (χ0) is 21.0. The third kappa shape index (κ3) is 4.57. The lowest BCUT2D eigenvalue weighted by Gasteiger charge is -2.13. The van der Waals surface area contributed by atoms with E-state index in [0.29, 0.717) is 38.8 Å². The molecule has 1 heterocycles. The third-order valence-corrected chi connectivity index (χ3v) is 5.44. The summed E-state index contributed by atoms with van der Waals surface area (Å²) in [6.07, 6.45) is 0. The van der Waals surface area contributed by atoms with Crippen LogP contribution in [0.25, 0.3) is 11.4 Å². The Hall–Kier alpha value is -2.91. The number of aromatic nitrogens is 3. The predicted octanol–water partition coefficient (Wildman–Crippen LogP) is 3.45. The van der Waals surface area contributed by atoms with Crippen molar-refractivity contribution in [3.63, 3.8) is 0 Å². The molecule has 8 nitrogen and oxygen atoms in total. The summed E-state index contributed by atoms with van der Waals surface area (Å²) in [4.78, 5) is 12.5. The zero-order valence-electron chi connectivity index (χ0n) is 16.0. The Balaban J connectivity index is 1.72. The molecule has 1 amide bonds. The number of nitrogens with two attached hydrogens (primary N) is 1. The minimum atomic E-state index is -0.479. The number of ether oxygens (including phenoxy) is 2. The standard InChI is InChI=1S/C19H20ClN5O3S/c1-11(18(26)22-12-8-9-16(28-3)14(20)10-12)29-19-24-23-17(25(19)21)13-6-4-5-7-15(13)27-2/h4-11H,21H2,1-3H3,(H,22,26). The summed E-state index contributed by atoms with van der Waals surface area (Å²) in [7, 11) is 3.10. The van der Waals surface area contributed by atoms with Crippen molar-refractivity contribution in [1.29, 1.82) is 0 Å². The van der Waals surface area contributed by atoms with Gasteiger partial charge < -0.3 is 20.6 Å². The first-order chi connectivity index (χ1) is 13.9. The number of thioether (sulfide) groups is 1. The van der Waals surface area contributed by atoms with Gasteiger partial charge in [-0.25, -0.2) is 4.68 Å². The first kappa shape index (κ1) is 20.8. The predicted molar refractivity (Wildman–Crippen MR) is 114 cm³/mol. The minimum Gasteiger partial charge on any atom is -0.496 e. The van der Waals surface area contributed by atoms with Crippen LogP contribution in [0.15, 0.2) is 47.6 Å². The number of nitrogen functional groups attached to an aromatic ring is 1. The molecule has 0 aliphatic heterocycles. The van der Waals surface area contributed by atoms with Crippen molar-refractivity contribution in [1.82, 2.24) is 14.9 Å². The van der Waals surface area contributed by atoms with Crippen LogP contribution in [0, 0.1) is 0 Å². The fourth-order valence-corrected chi connectivity index (χ4v) is 3.60. The number of nitrogens with one attached hydrogen (secondary N) is 1. The highest BCUT2D eigenvalue weighted by Gasteiger charge is 2.21. The zero-order valence-corrected chi connectivity index (χ0v) is 17.6. The molecule has 0 aliphatic rings. The quantitative estimate of drug-likeness (QED) is 0.434. The molecule has 0 radical (unpaired) electrons. The number of halogens is 1. The maximum absolute atomic E-state index is 12.5. The van der Waals surface area contributed by atoms with Gasteiger partial charge in [0.1, 0.15) is 11.5 Å². The average molecular weight is 434 g/mol. The number of para-hydroxylation sites is 1. The molecule has 1 atom stereocenters. The van der Waals surface area contributed by atoms with Crippen molar-refractivity contribution in [3.8, 4) is 22.9 Å². The lowest BCUT2D eigenvalue weighted by Crippen LogP contribution is -2.23. The van der Waals surface area contributed by atoms with Gasteiger partial charge in [0, 0.05) is 5.69 Å². The molecule has 10 heteroatoms. The molecule has 3 rings (SSSR count). The summed E-state index contributed by atoms with van der Waals surface area (Å²) in [5, 5.41) is 11.4. The largest absolute Gasteiger partial charge is 0.496 e. The Kier molecular flexibility index (Phi) is 6.50. The molecular weight excluding hydrogens is 414 g/mol. The van der Waals surface area contributed by atoms with Crippen molar-refractivity contribution in [2.75, 3.05) is 25.4 Å². The van der Waals surface area contributed by atoms with E-state index in [4.69, 9.17) is 26.9 Å². The number of methoxy groups -OCH3 is 2. The first-order valence-corrected chi connectivity index (χ1v) is 9.85. The second-order valence-electron chi connectivity index (χ2n) is 5.98. The fourth-order valence-electron chi connectivity index (χ4n) is 2.57. The molecule has 3 aromatic rings. The van der Waals surface area contributed by atoms with Gasteiger partial charge in [-0.05, 0) is 37.3 Å². The van der Waals surface area contributed by atoms with Crippen LogP contribution >= 0.6 is 23.4 Å². The van der Waals surface area contributed by atoms with Crippen LogP contribution in [0.2, 0.25) is 5.02 Å². The molecular formula is C19H20ClN5O3S. The summed E-state index contributed by atoms with van der Waals surface area (Å²) in [5.41, 5.74) is 1.28. The molecule has 0 fully saturated rings. The number of carbonyl (C=O) groups excluding carboxylic acids is 1. The number of hydrogen-bond acceptors (Lipinski definition) is 7. The van der Waals surface area contributed by atoms with Crippen LogP contribution in [-0.4, -0.2) is 40.3 Å². The smallest absolute Gasteiger partial charge is 0.237 e. The van der Waals surface area contributed by atoms with E-state index >= 15 is 0 Å². The molecule has 0 bridgehead atoms. The average Bonchev–Trinajstić information content (AvgIpc) is 3.08. The van der Waals surface area contributed by atoms with Crippen molar-refractivity contribution in [2.24, 2.45) is 0 Å². The second kappa shape index (κ2) is 9.06. The van der Waals surface area contributed by atoms with Crippen LogP contribution in [0.5, 0.6) is 11.5 Å². The first-order valence-electron chi connectivity index (χ1n) is 8.59. The summed E-state index contributed by atoms with van der Waals surface area (Å²) in [6, 6.07) is 12.4. The van der Waals surface area contributed by atoms with Gasteiger partial charge in [-0.2, -0.15) is 0 Å². The molecule has 2 aromatic carbocycles. The number of anilines is 1. The molecule has 1 aromatic heterocycles. The molecule has 1 unspecified atom stereocenters. The van der Waals surface area contributed by atoms with E-state index in [1.807, 2.05) is 24.3 Å². The lowest BCUT2D eigenvalue weighted by atomic mass is 10.2. The Morgan fingerprint density at radius 3 is 2.59 bits per heavy atom. The van der Waals surface area contributed by atoms with Gasteiger partial charge in [0.05, 0.1) is 30.1 Å². The van der Waals surface area contributed by atoms with Gasteiger partial charge in [0.25, 0.3) is 0 Å². The van der Waals surface area contributed by atoms with E-state index in [1.54, 1.807) is 32.2 Å². The molecule has 0 spiro atoms. The van der Waals surface area contributed by atoms with Crippen molar-refractivity contribution >= 4 is 35.0 Å². The summed E-state index contributed by atoms with van der Waals surface area (Å²) in [5.74, 6) is 7.55. The third-order valence-electron chi connectivity index (χ3n) is 4.08. The lowest BCUT2D eigenvalue weighted by molar-refractivity contribution is -0.115. The number of benzene rings is 2. The van der Waals surface area contributed by atoms with E-state index in [9.17, 15) is 4.79 Å². The maximum atomic E-state index is 12.5. The van der Waals surface area contributed by atoms with E-state index < -0.39 is 5.25 Å². The van der Waals surface area contributed by atoms with Gasteiger partial charge in [-0.15, -0.1) is 10.2 Å². The number of amides is 1. The van der Waals surface area contributed by atoms with Gasteiger partial charge in [0.2, 0.25) is 11.1 Å². The number of rotatable bonds is 7. The number of carbonyl (C=O) groups is 1. The maximum Gasteiger partial charge on any atom is 0.237 e. The molecule has 0 saturated carbocycles. The van der Waals surface area contributed by atoms with Crippen LogP contribution < -0.4 is 20.6 Å². The number of nitrogens with zero attached hydrogens (tertiary/aromatic N) is 3. The van der Waals surface area contributed by atoms with E-state index in [1.165, 1.54) is 23.5 Å². The van der Waals surface area contributed by atoms with Crippen LogP contribution in [0.1, 0.15) is 6.92 Å². The molecule has 0 aliphatic carbocycles. The Labute approximate surface area is 177 Å². The normalized spacial score (nSPS) is 11.7. The summed E-state index contributed by atoms with van der Waals surface area (Å²) >= 11 is 7.29. The molecule has 152 valence electrons. The fraction of sp³-hybridized carbons (Fsp3) is 0.211. The highest BCUT2D eigenvalue weighted by Crippen LogP contribution is 2.31. The molecule has 29 heavy (non-hydrogen) atoms. The highest BCUT2D eigenvalue weighted by atomic mass is 35.5. The SMILES string of the molecule is COc1ccc(NC(=O)C(C)Sc2nnc(-c3ccccc3OC)n2N)cc1Cl. The van der Waals surface area contributed by atoms with Crippen molar-refractivity contribution < 1.29 is 14.3 Å². The Bertz CT molecular complexity index is 1030. The van der Waals surface area contributed by atoms with Crippen molar-refractivity contribution in [2.45, 2.75) is 17.3 Å².